The maximum Gasteiger partial charge on any atom is 0.412 e. The van der Waals surface area contributed by atoms with Crippen molar-refractivity contribution in [3.05, 3.63) is 51.8 Å². The van der Waals surface area contributed by atoms with Crippen LogP contribution in [0.2, 0.25) is 0 Å². The van der Waals surface area contributed by atoms with Crippen molar-refractivity contribution < 1.29 is 23.8 Å². The Bertz CT molecular complexity index is 1050. The average molecular weight is 478 g/mol. The number of hydrogen-bond acceptors (Lipinski definition) is 6. The van der Waals surface area contributed by atoms with Crippen molar-refractivity contribution in [1.29, 1.82) is 0 Å². The van der Waals surface area contributed by atoms with Crippen LogP contribution in [0.1, 0.15) is 31.1 Å². The third-order valence-electron chi connectivity index (χ3n) is 3.74. The first-order valence-electron chi connectivity index (χ1n) is 8.74. The molecule has 0 aliphatic carbocycles. The van der Waals surface area contributed by atoms with E-state index in [1.54, 1.807) is 57.2 Å². The Morgan fingerprint density at radius 2 is 1.76 bits per heavy atom. The van der Waals surface area contributed by atoms with Gasteiger partial charge in [0.25, 0.3) is 0 Å². The fourth-order valence-electron chi connectivity index (χ4n) is 2.53. The molecule has 3 aromatic rings. The van der Waals surface area contributed by atoms with Crippen molar-refractivity contribution in [2.24, 2.45) is 0 Å². The molecule has 0 bridgehead atoms. The molecule has 6 nitrogen and oxygen atoms in total. The molecule has 1 heterocycles. The van der Waals surface area contributed by atoms with Crippen LogP contribution in [0.25, 0.3) is 10.1 Å². The van der Waals surface area contributed by atoms with Gasteiger partial charge in [0.05, 0.1) is 12.7 Å². The van der Waals surface area contributed by atoms with Gasteiger partial charge < -0.3 is 14.2 Å². The number of carbonyl (C=O) groups is 2. The highest BCUT2D eigenvalue weighted by molar-refractivity contribution is 9.11. The lowest BCUT2D eigenvalue weighted by Crippen LogP contribution is -2.27. The SMILES string of the molecule is COC(=O)c1ccc2c(Oc3ccc(NC(=O)OC(C)(C)C)cc3)c(Br)sc2c1. The molecule has 8 heteroatoms. The summed E-state index contributed by atoms with van der Waals surface area (Å²) in [7, 11) is 1.35. The summed E-state index contributed by atoms with van der Waals surface area (Å²) in [6.45, 7) is 5.42. The van der Waals surface area contributed by atoms with E-state index in [9.17, 15) is 9.59 Å². The van der Waals surface area contributed by atoms with E-state index in [4.69, 9.17) is 14.2 Å². The summed E-state index contributed by atoms with van der Waals surface area (Å²) in [5, 5.41) is 3.56. The summed E-state index contributed by atoms with van der Waals surface area (Å²) >= 11 is 4.99. The van der Waals surface area contributed by atoms with E-state index in [2.05, 4.69) is 21.2 Å². The third kappa shape index (κ3) is 5.27. The zero-order valence-corrected chi connectivity index (χ0v) is 18.8. The molecule has 0 fully saturated rings. The van der Waals surface area contributed by atoms with Crippen molar-refractivity contribution >= 4 is 55.1 Å². The van der Waals surface area contributed by atoms with E-state index in [1.807, 2.05) is 6.07 Å². The second kappa shape index (κ2) is 8.42. The van der Waals surface area contributed by atoms with Gasteiger partial charge in [0.2, 0.25) is 0 Å². The summed E-state index contributed by atoms with van der Waals surface area (Å²) in [4.78, 5) is 23.6. The molecule has 29 heavy (non-hydrogen) atoms. The van der Waals surface area contributed by atoms with Gasteiger partial charge in [0.1, 0.15) is 15.1 Å². The molecule has 0 aliphatic heterocycles. The summed E-state index contributed by atoms with van der Waals surface area (Å²) in [6.07, 6.45) is -0.515. The molecule has 2 aromatic carbocycles. The molecule has 0 saturated carbocycles. The number of fused-ring (bicyclic) bond motifs is 1. The minimum Gasteiger partial charge on any atom is -0.465 e. The number of esters is 1. The molecule has 0 spiro atoms. The lowest BCUT2D eigenvalue weighted by atomic mass is 10.2. The van der Waals surface area contributed by atoms with E-state index < -0.39 is 11.7 Å². The minimum atomic E-state index is -0.562. The zero-order chi connectivity index (χ0) is 21.2. The molecule has 0 unspecified atom stereocenters. The number of methoxy groups -OCH3 is 1. The van der Waals surface area contributed by atoms with Crippen LogP contribution in [0.15, 0.2) is 46.3 Å². The highest BCUT2D eigenvalue weighted by atomic mass is 79.9. The summed E-state index contributed by atoms with van der Waals surface area (Å²) in [5.41, 5.74) is 0.522. The van der Waals surface area contributed by atoms with Crippen LogP contribution in [0.3, 0.4) is 0 Å². The van der Waals surface area contributed by atoms with Gasteiger partial charge in [-0.25, -0.2) is 9.59 Å². The first-order chi connectivity index (χ1) is 13.7. The number of ether oxygens (including phenoxy) is 3. The molecule has 1 N–H and O–H groups in total. The van der Waals surface area contributed by atoms with Crippen LogP contribution < -0.4 is 10.1 Å². The summed E-state index contributed by atoms with van der Waals surface area (Å²) < 4.78 is 17.7. The smallest absolute Gasteiger partial charge is 0.412 e. The Morgan fingerprint density at radius 1 is 1.07 bits per heavy atom. The molecule has 0 aliphatic rings. The van der Waals surface area contributed by atoms with E-state index in [-0.39, 0.29) is 5.97 Å². The van der Waals surface area contributed by atoms with E-state index in [1.165, 1.54) is 18.4 Å². The van der Waals surface area contributed by atoms with Crippen molar-refractivity contribution in [2.75, 3.05) is 12.4 Å². The number of nitrogens with one attached hydrogen (secondary N) is 1. The normalized spacial score (nSPS) is 11.2. The maximum absolute atomic E-state index is 11.9. The van der Waals surface area contributed by atoms with Crippen LogP contribution in [0.4, 0.5) is 10.5 Å². The molecule has 0 radical (unpaired) electrons. The van der Waals surface area contributed by atoms with E-state index in [0.29, 0.717) is 22.7 Å². The van der Waals surface area contributed by atoms with Crippen molar-refractivity contribution in [2.45, 2.75) is 26.4 Å². The second-order valence-corrected chi connectivity index (χ2v) is 9.53. The summed E-state index contributed by atoms with van der Waals surface area (Å²) in [5.74, 6) is 0.887. The third-order valence-corrected chi connectivity index (χ3v) is 5.51. The predicted molar refractivity (Wildman–Crippen MR) is 117 cm³/mol. The largest absolute Gasteiger partial charge is 0.465 e. The first-order valence-corrected chi connectivity index (χ1v) is 10.4. The Kier molecular flexibility index (Phi) is 6.14. The highest BCUT2D eigenvalue weighted by Crippen LogP contribution is 2.44. The lowest BCUT2D eigenvalue weighted by molar-refractivity contribution is 0.0598. The Labute approximate surface area is 180 Å². The number of thiophene rings is 1. The molecule has 0 saturated heterocycles. The number of hydrogen-bond donors (Lipinski definition) is 1. The Balaban J connectivity index is 1.76. The Hall–Kier alpha value is -2.58. The van der Waals surface area contributed by atoms with E-state index in [0.717, 1.165) is 13.9 Å². The first kappa shape index (κ1) is 21.1. The topological polar surface area (TPSA) is 73.9 Å². The summed E-state index contributed by atoms with van der Waals surface area (Å²) in [6, 6.07) is 12.3. The fourth-order valence-corrected chi connectivity index (χ4v) is 4.24. The number of anilines is 1. The molecule has 0 atom stereocenters. The van der Waals surface area contributed by atoms with Crippen LogP contribution in [-0.4, -0.2) is 24.8 Å². The van der Waals surface area contributed by atoms with Crippen LogP contribution in [-0.2, 0) is 9.47 Å². The molecule has 152 valence electrons. The van der Waals surface area contributed by atoms with Crippen molar-refractivity contribution in [1.82, 2.24) is 0 Å². The number of amides is 1. The van der Waals surface area contributed by atoms with E-state index >= 15 is 0 Å². The van der Waals surface area contributed by atoms with Gasteiger partial charge in [-0.1, -0.05) is 0 Å². The van der Waals surface area contributed by atoms with Gasteiger partial charge in [-0.3, -0.25) is 5.32 Å². The van der Waals surface area contributed by atoms with Gasteiger partial charge in [-0.2, -0.15) is 0 Å². The lowest BCUT2D eigenvalue weighted by Gasteiger charge is -2.19. The van der Waals surface area contributed by atoms with Gasteiger partial charge >= 0.3 is 12.1 Å². The van der Waals surface area contributed by atoms with Gasteiger partial charge in [0.15, 0.2) is 5.75 Å². The van der Waals surface area contributed by atoms with Crippen molar-refractivity contribution in [3.63, 3.8) is 0 Å². The molecular weight excluding hydrogens is 458 g/mol. The van der Waals surface area contributed by atoms with Crippen LogP contribution >= 0.6 is 27.3 Å². The minimum absolute atomic E-state index is 0.382. The van der Waals surface area contributed by atoms with Crippen molar-refractivity contribution in [3.8, 4) is 11.5 Å². The monoisotopic (exact) mass is 477 g/mol. The van der Waals surface area contributed by atoms with Gasteiger partial charge in [-0.05, 0) is 79.2 Å². The van der Waals surface area contributed by atoms with Crippen LogP contribution in [0, 0.1) is 0 Å². The van der Waals surface area contributed by atoms with Gasteiger partial charge in [-0.15, -0.1) is 11.3 Å². The molecular formula is C21H20BrNO5S. The molecule has 3 rings (SSSR count). The van der Waals surface area contributed by atoms with Crippen LogP contribution in [0.5, 0.6) is 11.5 Å². The maximum atomic E-state index is 11.9. The number of benzene rings is 2. The number of rotatable bonds is 4. The Morgan fingerprint density at radius 3 is 2.38 bits per heavy atom. The second-order valence-electron chi connectivity index (χ2n) is 7.16. The highest BCUT2D eigenvalue weighted by Gasteiger charge is 2.17. The average Bonchev–Trinajstić information content (AvgIpc) is 2.95. The number of carbonyl (C=O) groups excluding carboxylic acids is 2. The molecule has 1 amide bonds. The zero-order valence-electron chi connectivity index (χ0n) is 16.4. The number of halogens is 1. The standard InChI is InChI=1S/C21H20BrNO5S/c1-21(2,3)28-20(25)23-13-6-8-14(9-7-13)27-17-15-10-5-12(19(24)26-4)11-16(15)29-18(17)22/h5-11H,1-4H3,(H,23,25). The molecule has 1 aromatic heterocycles. The fraction of sp³-hybridized carbons (Fsp3) is 0.238. The van der Waals surface area contributed by atoms with Gasteiger partial charge in [0, 0.05) is 15.8 Å². The predicted octanol–water partition coefficient (Wildman–Crippen LogP) is 6.59. The quantitative estimate of drug-likeness (QED) is 0.429.